The van der Waals surface area contributed by atoms with Crippen molar-refractivity contribution >= 4 is 24.1 Å². The summed E-state index contributed by atoms with van der Waals surface area (Å²) < 4.78 is 13.2. The molecular formula is C22H28ClFN2O4. The van der Waals surface area contributed by atoms with Crippen LogP contribution in [0.5, 0.6) is 0 Å². The summed E-state index contributed by atoms with van der Waals surface area (Å²) in [7, 11) is 0. The van der Waals surface area contributed by atoms with Crippen LogP contribution in [0.25, 0.3) is 0 Å². The van der Waals surface area contributed by atoms with E-state index in [1.165, 1.54) is 24.3 Å². The van der Waals surface area contributed by atoms with Crippen molar-refractivity contribution in [2.45, 2.75) is 31.8 Å². The molecule has 1 saturated heterocycles. The van der Waals surface area contributed by atoms with Crippen molar-refractivity contribution in [3.05, 3.63) is 71.0 Å². The van der Waals surface area contributed by atoms with Gasteiger partial charge < -0.3 is 21.2 Å². The van der Waals surface area contributed by atoms with Crippen molar-refractivity contribution in [2.75, 3.05) is 13.1 Å². The number of carbonyl (C=O) groups is 2. The summed E-state index contributed by atoms with van der Waals surface area (Å²) in [5, 5.41) is 3.35. The number of Topliss-reactive ketones (excluding diaryl/α,β-unsaturated/α-hetero) is 1. The lowest BCUT2D eigenvalue weighted by atomic mass is 9.85. The summed E-state index contributed by atoms with van der Waals surface area (Å²) in [5.74, 6) is -0.0936. The summed E-state index contributed by atoms with van der Waals surface area (Å²) in [6.45, 7) is 2.36. The van der Waals surface area contributed by atoms with Crippen molar-refractivity contribution in [3.8, 4) is 0 Å². The number of ketones is 1. The van der Waals surface area contributed by atoms with Crippen molar-refractivity contribution in [1.29, 1.82) is 0 Å². The molecule has 0 radical (unpaired) electrons. The maximum absolute atomic E-state index is 13.2. The molecule has 164 valence electrons. The van der Waals surface area contributed by atoms with Gasteiger partial charge in [-0.15, -0.1) is 12.4 Å². The second-order valence-electron chi connectivity index (χ2n) is 7.38. The highest BCUT2D eigenvalue weighted by Crippen LogP contribution is 2.32. The lowest BCUT2D eigenvalue weighted by Gasteiger charge is -2.36. The summed E-state index contributed by atoms with van der Waals surface area (Å²) >= 11 is 0. The molecule has 0 aliphatic carbocycles. The van der Waals surface area contributed by atoms with E-state index in [-0.39, 0.29) is 59.2 Å². The Morgan fingerprint density at radius 2 is 1.70 bits per heavy atom. The van der Waals surface area contributed by atoms with Crippen molar-refractivity contribution < 1.29 is 24.9 Å². The molecule has 2 aliphatic rings. The summed E-state index contributed by atoms with van der Waals surface area (Å²) in [5.41, 5.74) is 2.26. The molecule has 8 heteroatoms. The molecule has 6 nitrogen and oxygen atoms in total. The van der Waals surface area contributed by atoms with E-state index in [1.54, 1.807) is 0 Å². The maximum Gasteiger partial charge on any atom is 0.254 e. The van der Waals surface area contributed by atoms with E-state index in [4.69, 9.17) is 0 Å². The Morgan fingerprint density at radius 3 is 2.33 bits per heavy atom. The fourth-order valence-corrected chi connectivity index (χ4v) is 4.25. The molecule has 0 saturated carbocycles. The second kappa shape index (κ2) is 11.2. The normalized spacial score (nSPS) is 16.6. The lowest BCUT2D eigenvalue weighted by Crippen LogP contribution is -2.45. The number of benzene rings is 2. The highest BCUT2D eigenvalue weighted by molar-refractivity contribution is 6.00. The number of nitrogens with one attached hydrogen (secondary N) is 1. The molecule has 1 atom stereocenters. The van der Waals surface area contributed by atoms with Crippen LogP contribution in [0.4, 0.5) is 4.39 Å². The van der Waals surface area contributed by atoms with E-state index >= 15 is 0 Å². The molecule has 2 heterocycles. The number of piperidine rings is 1. The van der Waals surface area contributed by atoms with Gasteiger partial charge in [0.2, 0.25) is 0 Å². The largest absolute Gasteiger partial charge is 0.412 e. The number of nitrogens with zero attached hydrogens (tertiary/aromatic N) is 1. The van der Waals surface area contributed by atoms with Gasteiger partial charge in [0.15, 0.2) is 5.78 Å². The molecule has 4 rings (SSSR count). The Morgan fingerprint density at radius 1 is 1.07 bits per heavy atom. The third-order valence-electron chi connectivity index (χ3n) is 5.74. The van der Waals surface area contributed by atoms with Crippen LogP contribution in [-0.4, -0.2) is 46.7 Å². The number of halogens is 2. The van der Waals surface area contributed by atoms with Crippen molar-refractivity contribution in [1.82, 2.24) is 10.2 Å². The molecule has 2 aliphatic heterocycles. The van der Waals surface area contributed by atoms with E-state index in [9.17, 15) is 14.0 Å². The Hall–Kier alpha value is -2.32. The Bertz CT molecular complexity index is 856. The summed E-state index contributed by atoms with van der Waals surface area (Å²) in [6.07, 6.45) is 2.17. The predicted molar refractivity (Wildman–Crippen MR) is 116 cm³/mol. The van der Waals surface area contributed by atoms with Gasteiger partial charge in [0.1, 0.15) is 5.82 Å². The first-order chi connectivity index (χ1) is 13.1. The Balaban J connectivity index is 0.00000150. The fraction of sp³-hybridized carbons (Fsp3) is 0.364. The molecule has 2 aromatic carbocycles. The molecule has 1 amide bonds. The van der Waals surface area contributed by atoms with Gasteiger partial charge in [-0.05, 0) is 67.7 Å². The van der Waals surface area contributed by atoms with Crippen LogP contribution >= 0.6 is 12.4 Å². The minimum atomic E-state index is -0.355. The van der Waals surface area contributed by atoms with Crippen LogP contribution in [0, 0.1) is 11.7 Å². The smallest absolute Gasteiger partial charge is 0.254 e. The van der Waals surface area contributed by atoms with Gasteiger partial charge in [0.05, 0.1) is 0 Å². The quantitative estimate of drug-likeness (QED) is 0.722. The third-order valence-corrected chi connectivity index (χ3v) is 5.74. The fourth-order valence-electron chi connectivity index (χ4n) is 4.25. The van der Waals surface area contributed by atoms with Gasteiger partial charge in [-0.2, -0.15) is 0 Å². The minimum Gasteiger partial charge on any atom is -0.412 e. The summed E-state index contributed by atoms with van der Waals surface area (Å²) in [6, 6.07) is 13.2. The van der Waals surface area contributed by atoms with Crippen LogP contribution in [0.1, 0.15) is 45.5 Å². The Labute approximate surface area is 181 Å². The average molecular weight is 439 g/mol. The number of hydrogen-bond acceptors (Lipinski definition) is 3. The number of fused-ring (bicyclic) bond motifs is 1. The van der Waals surface area contributed by atoms with Crippen LogP contribution in [0.15, 0.2) is 48.5 Å². The molecule has 2 aromatic rings. The first kappa shape index (κ1) is 25.7. The molecule has 0 bridgehead atoms. The van der Waals surface area contributed by atoms with E-state index in [2.05, 4.69) is 5.32 Å². The number of hydrogen-bond donors (Lipinski definition) is 1. The van der Waals surface area contributed by atoms with Gasteiger partial charge in [0.25, 0.3) is 5.91 Å². The molecule has 0 spiro atoms. The highest BCUT2D eigenvalue weighted by atomic mass is 35.5. The molecule has 0 aromatic heterocycles. The average Bonchev–Trinajstić information content (AvgIpc) is 3.04. The second-order valence-corrected chi connectivity index (χ2v) is 7.38. The van der Waals surface area contributed by atoms with Gasteiger partial charge in [-0.25, -0.2) is 4.39 Å². The lowest BCUT2D eigenvalue weighted by molar-refractivity contribution is 0.0567. The maximum atomic E-state index is 13.2. The zero-order valence-corrected chi connectivity index (χ0v) is 17.4. The molecule has 30 heavy (non-hydrogen) atoms. The number of carbonyl (C=O) groups excluding carboxylic acids is 2. The Kier molecular flexibility index (Phi) is 9.58. The van der Waals surface area contributed by atoms with Crippen LogP contribution in [0.3, 0.4) is 0 Å². The monoisotopic (exact) mass is 438 g/mol. The van der Waals surface area contributed by atoms with Crippen LogP contribution in [0.2, 0.25) is 0 Å². The standard InChI is InChI=1S/C22H23FN2O2.ClH.2H2O/c23-18-7-5-16(6-8-18)21(26)13-20(15-9-11-24-12-10-15)25-14-17-3-1-2-4-19(17)22(25)27;;;/h1-8,15,20,24H,9-14H2;1H;2*1H2/t20-;;;/m0.../s1. The van der Waals surface area contributed by atoms with Gasteiger partial charge in [-0.3, -0.25) is 9.59 Å². The van der Waals surface area contributed by atoms with Crippen LogP contribution < -0.4 is 5.32 Å². The first-order valence-corrected chi connectivity index (χ1v) is 9.52. The zero-order valence-electron chi connectivity index (χ0n) is 16.6. The number of rotatable bonds is 5. The van der Waals surface area contributed by atoms with Crippen LogP contribution in [-0.2, 0) is 6.54 Å². The highest BCUT2D eigenvalue weighted by Gasteiger charge is 2.38. The SMILES string of the molecule is Cl.O.O.O=C(C[C@@H](C1CCNCC1)N1Cc2ccccc2C1=O)c1ccc(F)cc1. The molecule has 1 fully saturated rings. The van der Waals surface area contributed by atoms with Gasteiger partial charge >= 0.3 is 0 Å². The van der Waals surface area contributed by atoms with Gasteiger partial charge in [0, 0.05) is 30.1 Å². The summed E-state index contributed by atoms with van der Waals surface area (Å²) in [4.78, 5) is 27.7. The number of amides is 1. The molecule has 0 unspecified atom stereocenters. The topological polar surface area (TPSA) is 112 Å². The predicted octanol–water partition coefficient (Wildman–Crippen LogP) is 2.20. The zero-order chi connectivity index (χ0) is 18.8. The first-order valence-electron chi connectivity index (χ1n) is 9.52. The van der Waals surface area contributed by atoms with E-state index < -0.39 is 0 Å². The van der Waals surface area contributed by atoms with Crippen molar-refractivity contribution in [2.24, 2.45) is 5.92 Å². The molecule has 5 N–H and O–H groups in total. The van der Waals surface area contributed by atoms with Crippen molar-refractivity contribution in [3.63, 3.8) is 0 Å². The third kappa shape index (κ3) is 5.23. The minimum absolute atomic E-state index is 0. The van der Waals surface area contributed by atoms with E-state index in [0.717, 1.165) is 37.1 Å². The van der Waals surface area contributed by atoms with E-state index in [1.807, 2.05) is 29.2 Å². The molecular weight excluding hydrogens is 411 g/mol. The van der Waals surface area contributed by atoms with Gasteiger partial charge in [-0.1, -0.05) is 18.2 Å². The van der Waals surface area contributed by atoms with E-state index in [0.29, 0.717) is 12.1 Å².